The van der Waals surface area contributed by atoms with Crippen LogP contribution in [0.1, 0.15) is 63.7 Å². The summed E-state index contributed by atoms with van der Waals surface area (Å²) in [5, 5.41) is 16.3. The largest absolute Gasteiger partial charge is 0.396 e. The number of hydrogen-bond acceptors (Lipinski definition) is 3. The minimum absolute atomic E-state index is 0.141. The minimum atomic E-state index is 0.141. The lowest BCUT2D eigenvalue weighted by molar-refractivity contribution is -0.0265. The molecular formula is C24H41N3O2. The smallest absolute Gasteiger partial charge is 0.191 e. The van der Waals surface area contributed by atoms with Gasteiger partial charge in [-0.2, -0.15) is 0 Å². The molecule has 1 aromatic rings. The number of nitrogens with one attached hydrogen (secondary N) is 2. The van der Waals surface area contributed by atoms with E-state index in [4.69, 9.17) is 9.73 Å². The van der Waals surface area contributed by atoms with Crippen molar-refractivity contribution >= 4 is 5.96 Å². The second-order valence-corrected chi connectivity index (χ2v) is 8.71. The SMILES string of the molecule is CCNC(=NCC(CCO)CC(C)C)NCC1CCCOC1c1ccc(C)cc1. The van der Waals surface area contributed by atoms with Crippen LogP contribution >= 0.6 is 0 Å². The summed E-state index contributed by atoms with van der Waals surface area (Å²) in [6.45, 7) is 12.2. The lowest BCUT2D eigenvalue weighted by Gasteiger charge is -2.32. The van der Waals surface area contributed by atoms with Gasteiger partial charge in [0.15, 0.2) is 5.96 Å². The topological polar surface area (TPSA) is 65.9 Å². The van der Waals surface area contributed by atoms with Gasteiger partial charge in [-0.25, -0.2) is 0 Å². The van der Waals surface area contributed by atoms with Crippen molar-refractivity contribution in [3.05, 3.63) is 35.4 Å². The van der Waals surface area contributed by atoms with E-state index in [9.17, 15) is 5.11 Å². The molecule has 164 valence electrons. The molecule has 2 rings (SSSR count). The van der Waals surface area contributed by atoms with E-state index >= 15 is 0 Å². The van der Waals surface area contributed by atoms with Crippen LogP contribution in [-0.4, -0.2) is 43.9 Å². The van der Waals surface area contributed by atoms with Crippen molar-refractivity contribution in [2.45, 2.75) is 59.5 Å². The Balaban J connectivity index is 1.98. The Morgan fingerprint density at radius 2 is 2.00 bits per heavy atom. The van der Waals surface area contributed by atoms with Gasteiger partial charge in [0.1, 0.15) is 0 Å². The average Bonchev–Trinajstić information content (AvgIpc) is 2.70. The molecule has 1 aliphatic heterocycles. The van der Waals surface area contributed by atoms with Crippen molar-refractivity contribution in [3.8, 4) is 0 Å². The number of rotatable bonds is 10. The molecule has 0 aliphatic carbocycles. The molecule has 0 radical (unpaired) electrons. The highest BCUT2D eigenvalue weighted by atomic mass is 16.5. The Bertz CT molecular complexity index is 601. The number of guanidine groups is 1. The molecular weight excluding hydrogens is 362 g/mol. The van der Waals surface area contributed by atoms with Gasteiger partial charge in [-0.1, -0.05) is 43.7 Å². The zero-order valence-corrected chi connectivity index (χ0v) is 18.8. The van der Waals surface area contributed by atoms with Crippen LogP contribution < -0.4 is 10.6 Å². The monoisotopic (exact) mass is 403 g/mol. The van der Waals surface area contributed by atoms with Gasteiger partial charge in [0.25, 0.3) is 0 Å². The summed E-state index contributed by atoms with van der Waals surface area (Å²) in [4.78, 5) is 4.82. The first-order valence-corrected chi connectivity index (χ1v) is 11.3. The average molecular weight is 404 g/mol. The maximum atomic E-state index is 9.35. The van der Waals surface area contributed by atoms with Crippen LogP contribution in [0.25, 0.3) is 0 Å². The van der Waals surface area contributed by atoms with E-state index in [1.807, 2.05) is 0 Å². The number of nitrogens with zero attached hydrogens (tertiary/aromatic N) is 1. The molecule has 0 bridgehead atoms. The summed E-state index contributed by atoms with van der Waals surface area (Å²) in [6.07, 6.45) is 4.31. The summed E-state index contributed by atoms with van der Waals surface area (Å²) in [5.74, 6) is 2.34. The fourth-order valence-corrected chi connectivity index (χ4v) is 4.10. The lowest BCUT2D eigenvalue weighted by Crippen LogP contribution is -2.42. The van der Waals surface area contributed by atoms with E-state index in [1.165, 1.54) is 11.1 Å². The Kier molecular flexibility index (Phi) is 10.5. The number of hydrogen-bond donors (Lipinski definition) is 3. The summed E-state index contributed by atoms with van der Waals surface area (Å²) in [6, 6.07) is 8.73. The number of aliphatic hydroxyl groups excluding tert-OH is 1. The third-order valence-electron chi connectivity index (χ3n) is 5.58. The summed E-state index contributed by atoms with van der Waals surface area (Å²) < 4.78 is 6.15. The molecule has 29 heavy (non-hydrogen) atoms. The molecule has 3 N–H and O–H groups in total. The Morgan fingerprint density at radius 1 is 1.24 bits per heavy atom. The molecule has 0 saturated carbocycles. The Hall–Kier alpha value is -1.59. The van der Waals surface area contributed by atoms with Crippen molar-refractivity contribution < 1.29 is 9.84 Å². The van der Waals surface area contributed by atoms with Crippen LogP contribution in [0.2, 0.25) is 0 Å². The van der Waals surface area contributed by atoms with Crippen LogP contribution in [0.4, 0.5) is 0 Å². The highest BCUT2D eigenvalue weighted by Gasteiger charge is 2.27. The van der Waals surface area contributed by atoms with E-state index in [0.29, 0.717) is 17.8 Å². The minimum Gasteiger partial charge on any atom is -0.396 e. The summed E-state index contributed by atoms with van der Waals surface area (Å²) >= 11 is 0. The maximum Gasteiger partial charge on any atom is 0.191 e. The van der Waals surface area contributed by atoms with Crippen LogP contribution in [0.5, 0.6) is 0 Å². The number of benzene rings is 1. The number of aryl methyl sites for hydroxylation is 1. The van der Waals surface area contributed by atoms with Crippen LogP contribution in [0, 0.1) is 24.7 Å². The third kappa shape index (κ3) is 8.35. The van der Waals surface area contributed by atoms with E-state index in [2.05, 4.69) is 62.6 Å². The molecule has 3 unspecified atom stereocenters. The van der Waals surface area contributed by atoms with Gasteiger partial charge in [0, 0.05) is 38.8 Å². The van der Waals surface area contributed by atoms with Gasteiger partial charge in [-0.3, -0.25) is 4.99 Å². The van der Waals surface area contributed by atoms with Gasteiger partial charge in [0.2, 0.25) is 0 Å². The molecule has 0 spiro atoms. The molecule has 5 heteroatoms. The van der Waals surface area contributed by atoms with Gasteiger partial charge >= 0.3 is 0 Å². The van der Waals surface area contributed by atoms with Gasteiger partial charge in [-0.15, -0.1) is 0 Å². The van der Waals surface area contributed by atoms with Crippen LogP contribution in [0.15, 0.2) is 29.3 Å². The second-order valence-electron chi connectivity index (χ2n) is 8.71. The fourth-order valence-electron chi connectivity index (χ4n) is 4.10. The Labute approximate surface area is 177 Å². The Morgan fingerprint density at radius 3 is 2.66 bits per heavy atom. The van der Waals surface area contributed by atoms with Crippen molar-refractivity contribution in [1.29, 1.82) is 0 Å². The molecule has 0 aromatic heterocycles. The van der Waals surface area contributed by atoms with Crippen LogP contribution in [0.3, 0.4) is 0 Å². The first kappa shape index (κ1) is 23.7. The van der Waals surface area contributed by atoms with Gasteiger partial charge < -0.3 is 20.5 Å². The van der Waals surface area contributed by atoms with Crippen molar-refractivity contribution in [1.82, 2.24) is 10.6 Å². The summed E-state index contributed by atoms with van der Waals surface area (Å²) in [7, 11) is 0. The number of aliphatic hydroxyl groups is 1. The zero-order valence-electron chi connectivity index (χ0n) is 18.8. The predicted molar refractivity (Wildman–Crippen MR) is 121 cm³/mol. The normalized spacial score (nSPS) is 21.2. The molecule has 1 heterocycles. The second kappa shape index (κ2) is 12.9. The molecule has 3 atom stereocenters. The lowest BCUT2D eigenvalue weighted by atomic mass is 9.89. The van der Waals surface area contributed by atoms with Crippen molar-refractivity contribution in [2.24, 2.45) is 22.7 Å². The molecule has 1 saturated heterocycles. The first-order chi connectivity index (χ1) is 14.0. The van der Waals surface area contributed by atoms with Crippen molar-refractivity contribution in [2.75, 3.05) is 32.8 Å². The van der Waals surface area contributed by atoms with Crippen molar-refractivity contribution in [3.63, 3.8) is 0 Å². The third-order valence-corrected chi connectivity index (χ3v) is 5.58. The molecule has 5 nitrogen and oxygen atoms in total. The fraction of sp³-hybridized carbons (Fsp3) is 0.708. The predicted octanol–water partition coefficient (Wildman–Crippen LogP) is 4.06. The standard InChI is InChI=1S/C24H41N3O2/c1-5-25-24(26-16-20(12-13-28)15-18(2)3)27-17-22-7-6-14-29-23(22)21-10-8-19(4)9-11-21/h8-11,18,20,22-23,28H,5-7,12-17H2,1-4H3,(H2,25,26,27). The summed E-state index contributed by atoms with van der Waals surface area (Å²) in [5.41, 5.74) is 2.55. The van der Waals surface area contributed by atoms with E-state index in [1.54, 1.807) is 0 Å². The van der Waals surface area contributed by atoms with Crippen LogP contribution in [-0.2, 0) is 4.74 Å². The molecule has 0 amide bonds. The highest BCUT2D eigenvalue weighted by Crippen LogP contribution is 2.33. The van der Waals surface area contributed by atoms with E-state index in [0.717, 1.165) is 57.9 Å². The molecule has 1 fully saturated rings. The first-order valence-electron chi connectivity index (χ1n) is 11.3. The van der Waals surface area contributed by atoms with E-state index < -0.39 is 0 Å². The zero-order chi connectivity index (χ0) is 21.1. The quantitative estimate of drug-likeness (QED) is 0.407. The molecule has 1 aromatic carbocycles. The number of ether oxygens (including phenoxy) is 1. The maximum absolute atomic E-state index is 9.35. The molecule has 1 aliphatic rings. The number of aliphatic imine (C=N–C) groups is 1. The van der Waals surface area contributed by atoms with Gasteiger partial charge in [0.05, 0.1) is 6.10 Å². The van der Waals surface area contributed by atoms with Gasteiger partial charge in [-0.05, 0) is 56.9 Å². The van der Waals surface area contributed by atoms with E-state index in [-0.39, 0.29) is 12.7 Å². The highest BCUT2D eigenvalue weighted by molar-refractivity contribution is 5.79.